The zero-order chi connectivity index (χ0) is 13.7. The molecule has 0 radical (unpaired) electrons. The highest BCUT2D eigenvalue weighted by molar-refractivity contribution is 6.07. The molecule has 1 amide bonds. The van der Waals surface area contributed by atoms with Crippen LogP contribution >= 0.6 is 0 Å². The van der Waals surface area contributed by atoms with Gasteiger partial charge in [-0.3, -0.25) is 9.78 Å². The molecular formula is C13H16N4O2. The smallest absolute Gasteiger partial charge is 0.260 e. The highest BCUT2D eigenvalue weighted by atomic mass is 16.5. The molecule has 2 aromatic rings. The molecule has 0 aromatic carbocycles. The van der Waals surface area contributed by atoms with Gasteiger partial charge in [-0.1, -0.05) is 12.1 Å². The standard InChI is InChI=1S/C13H16N4O2/c1-3-5-15-11-4-6-14-8-10(11)13(18)16-12-7-9(2)19-17-12/h4,6-8H,3,5H2,1-2H3,(H,14,15)(H,16,17,18). The molecule has 0 saturated carbocycles. The first kappa shape index (κ1) is 13.1. The number of hydrogen-bond donors (Lipinski definition) is 2. The number of nitrogens with one attached hydrogen (secondary N) is 2. The first-order chi connectivity index (χ1) is 9.20. The van der Waals surface area contributed by atoms with E-state index in [0.717, 1.165) is 18.7 Å². The van der Waals surface area contributed by atoms with Crippen LogP contribution in [0.1, 0.15) is 29.5 Å². The largest absolute Gasteiger partial charge is 0.384 e. The zero-order valence-electron chi connectivity index (χ0n) is 10.9. The molecule has 0 fully saturated rings. The molecule has 2 heterocycles. The molecule has 0 unspecified atom stereocenters. The fraction of sp³-hybridized carbons (Fsp3) is 0.308. The Morgan fingerprint density at radius 1 is 1.47 bits per heavy atom. The van der Waals surface area contributed by atoms with E-state index >= 15 is 0 Å². The van der Waals surface area contributed by atoms with Crippen molar-refractivity contribution in [3.05, 3.63) is 35.9 Å². The number of hydrogen-bond acceptors (Lipinski definition) is 5. The number of carbonyl (C=O) groups excluding carboxylic acids is 1. The summed E-state index contributed by atoms with van der Waals surface area (Å²) in [4.78, 5) is 16.1. The topological polar surface area (TPSA) is 80.0 Å². The van der Waals surface area contributed by atoms with Gasteiger partial charge in [0.25, 0.3) is 5.91 Å². The van der Waals surface area contributed by atoms with Crippen molar-refractivity contribution in [3.8, 4) is 0 Å². The van der Waals surface area contributed by atoms with Crippen molar-refractivity contribution in [2.24, 2.45) is 0 Å². The monoisotopic (exact) mass is 260 g/mol. The van der Waals surface area contributed by atoms with Gasteiger partial charge >= 0.3 is 0 Å². The van der Waals surface area contributed by atoms with Crippen molar-refractivity contribution in [2.45, 2.75) is 20.3 Å². The van der Waals surface area contributed by atoms with Crippen molar-refractivity contribution in [3.63, 3.8) is 0 Å². The number of pyridine rings is 1. The fourth-order valence-electron chi connectivity index (χ4n) is 1.60. The van der Waals surface area contributed by atoms with Crippen LogP contribution in [0.15, 0.2) is 29.0 Å². The van der Waals surface area contributed by atoms with E-state index in [1.807, 2.05) is 0 Å². The molecule has 0 aliphatic heterocycles. The number of carbonyl (C=O) groups is 1. The van der Waals surface area contributed by atoms with Gasteiger partial charge in [0.2, 0.25) is 0 Å². The SMILES string of the molecule is CCCNc1ccncc1C(=O)Nc1cc(C)on1. The molecule has 2 rings (SSSR count). The molecular weight excluding hydrogens is 244 g/mol. The molecule has 0 spiro atoms. The molecule has 19 heavy (non-hydrogen) atoms. The van der Waals surface area contributed by atoms with E-state index in [1.165, 1.54) is 6.20 Å². The minimum Gasteiger partial charge on any atom is -0.384 e. The second-order valence-corrected chi connectivity index (χ2v) is 4.12. The minimum absolute atomic E-state index is 0.264. The van der Waals surface area contributed by atoms with Crippen molar-refractivity contribution >= 4 is 17.4 Å². The van der Waals surface area contributed by atoms with Crippen LogP contribution in [0.5, 0.6) is 0 Å². The first-order valence-electron chi connectivity index (χ1n) is 6.13. The quantitative estimate of drug-likeness (QED) is 0.863. The average molecular weight is 260 g/mol. The normalized spacial score (nSPS) is 10.2. The second kappa shape index (κ2) is 5.99. The average Bonchev–Trinajstić information content (AvgIpc) is 2.82. The molecule has 100 valence electrons. The van der Waals surface area contributed by atoms with Crippen LogP contribution in [0.3, 0.4) is 0 Å². The van der Waals surface area contributed by atoms with Crippen molar-refractivity contribution < 1.29 is 9.32 Å². The van der Waals surface area contributed by atoms with Gasteiger partial charge in [-0.2, -0.15) is 0 Å². The maximum Gasteiger partial charge on any atom is 0.260 e. The van der Waals surface area contributed by atoms with Gasteiger partial charge in [-0.15, -0.1) is 0 Å². The third-order valence-electron chi connectivity index (χ3n) is 2.50. The molecule has 2 aromatic heterocycles. The highest BCUT2D eigenvalue weighted by Crippen LogP contribution is 2.16. The van der Waals surface area contributed by atoms with E-state index < -0.39 is 0 Å². The third kappa shape index (κ3) is 3.31. The lowest BCUT2D eigenvalue weighted by atomic mass is 10.2. The van der Waals surface area contributed by atoms with Crippen molar-refractivity contribution in [1.29, 1.82) is 0 Å². The molecule has 0 atom stereocenters. The van der Waals surface area contributed by atoms with Gasteiger partial charge in [-0.05, 0) is 19.4 Å². The molecule has 0 aliphatic rings. The Labute approximate surface area is 111 Å². The Bertz CT molecular complexity index is 565. The number of amides is 1. The number of aryl methyl sites for hydroxylation is 1. The lowest BCUT2D eigenvalue weighted by Crippen LogP contribution is -2.15. The number of rotatable bonds is 5. The van der Waals surface area contributed by atoms with Crippen LogP contribution in [-0.4, -0.2) is 22.6 Å². The minimum atomic E-state index is -0.264. The van der Waals surface area contributed by atoms with E-state index in [2.05, 4.69) is 27.7 Å². The Morgan fingerprint density at radius 2 is 2.32 bits per heavy atom. The lowest BCUT2D eigenvalue weighted by Gasteiger charge is -2.09. The lowest BCUT2D eigenvalue weighted by molar-refractivity contribution is 0.102. The van der Waals surface area contributed by atoms with E-state index in [1.54, 1.807) is 25.3 Å². The Balaban J connectivity index is 2.14. The summed E-state index contributed by atoms with van der Waals surface area (Å²) in [5.74, 6) is 0.776. The van der Waals surface area contributed by atoms with Crippen LogP contribution in [0.2, 0.25) is 0 Å². The fourth-order valence-corrected chi connectivity index (χ4v) is 1.60. The number of anilines is 2. The summed E-state index contributed by atoms with van der Waals surface area (Å²) in [6.45, 7) is 4.63. The highest BCUT2D eigenvalue weighted by Gasteiger charge is 2.13. The van der Waals surface area contributed by atoms with E-state index in [4.69, 9.17) is 4.52 Å². The van der Waals surface area contributed by atoms with Crippen molar-refractivity contribution in [2.75, 3.05) is 17.2 Å². The first-order valence-corrected chi connectivity index (χ1v) is 6.13. The Kier molecular flexibility index (Phi) is 4.12. The molecule has 6 heteroatoms. The Morgan fingerprint density at radius 3 is 3.00 bits per heavy atom. The predicted octanol–water partition coefficient (Wildman–Crippen LogP) is 2.45. The summed E-state index contributed by atoms with van der Waals surface area (Å²) in [5, 5.41) is 9.59. The maximum atomic E-state index is 12.1. The van der Waals surface area contributed by atoms with Gasteiger partial charge in [0.15, 0.2) is 5.82 Å². The molecule has 0 aliphatic carbocycles. The number of nitrogens with zero attached hydrogens (tertiary/aromatic N) is 2. The predicted molar refractivity (Wildman–Crippen MR) is 72.2 cm³/mol. The number of aromatic nitrogens is 2. The summed E-state index contributed by atoms with van der Waals surface area (Å²) in [5.41, 5.74) is 1.24. The van der Waals surface area contributed by atoms with Crippen LogP contribution in [0, 0.1) is 6.92 Å². The van der Waals surface area contributed by atoms with Crippen LogP contribution < -0.4 is 10.6 Å². The maximum absolute atomic E-state index is 12.1. The summed E-state index contributed by atoms with van der Waals surface area (Å²) >= 11 is 0. The molecule has 2 N–H and O–H groups in total. The molecule has 0 saturated heterocycles. The van der Waals surface area contributed by atoms with Gasteiger partial charge in [0.05, 0.1) is 11.3 Å². The van der Waals surface area contributed by atoms with Gasteiger partial charge in [-0.25, -0.2) is 0 Å². The third-order valence-corrected chi connectivity index (χ3v) is 2.50. The molecule has 6 nitrogen and oxygen atoms in total. The van der Waals surface area contributed by atoms with Gasteiger partial charge < -0.3 is 15.2 Å². The molecule has 0 bridgehead atoms. The van der Waals surface area contributed by atoms with E-state index in [-0.39, 0.29) is 5.91 Å². The summed E-state index contributed by atoms with van der Waals surface area (Å²) in [7, 11) is 0. The van der Waals surface area contributed by atoms with Crippen LogP contribution in [0.25, 0.3) is 0 Å². The van der Waals surface area contributed by atoms with Gasteiger partial charge in [0.1, 0.15) is 5.76 Å². The van der Waals surface area contributed by atoms with E-state index in [9.17, 15) is 4.79 Å². The van der Waals surface area contributed by atoms with Crippen LogP contribution in [-0.2, 0) is 0 Å². The second-order valence-electron chi connectivity index (χ2n) is 4.12. The van der Waals surface area contributed by atoms with Crippen LogP contribution in [0.4, 0.5) is 11.5 Å². The summed E-state index contributed by atoms with van der Waals surface area (Å²) < 4.78 is 4.90. The summed E-state index contributed by atoms with van der Waals surface area (Å²) in [6, 6.07) is 3.44. The Hall–Kier alpha value is -2.37. The van der Waals surface area contributed by atoms with Gasteiger partial charge in [0, 0.05) is 25.0 Å². The van der Waals surface area contributed by atoms with E-state index in [0.29, 0.717) is 17.1 Å². The zero-order valence-corrected chi connectivity index (χ0v) is 10.9. The van der Waals surface area contributed by atoms with Crippen molar-refractivity contribution in [1.82, 2.24) is 10.1 Å². The summed E-state index contributed by atoms with van der Waals surface area (Å²) in [6.07, 6.45) is 4.15.